The summed E-state index contributed by atoms with van der Waals surface area (Å²) in [5.74, 6) is 0. The Labute approximate surface area is 98.6 Å². The molecule has 0 saturated heterocycles. The summed E-state index contributed by atoms with van der Waals surface area (Å²) in [6.45, 7) is 2.08. The van der Waals surface area contributed by atoms with Gasteiger partial charge in [-0.1, -0.05) is 0 Å². The van der Waals surface area contributed by atoms with Gasteiger partial charge in [0.05, 0.1) is 23.5 Å². The van der Waals surface area contributed by atoms with Crippen LogP contribution >= 0.6 is 0 Å². The number of hydrogen-bond donors (Lipinski definition) is 2. The summed E-state index contributed by atoms with van der Waals surface area (Å²) in [6.07, 6.45) is 1.18. The first kappa shape index (κ1) is 11.2. The number of nitrogens with zero attached hydrogens (tertiary/aromatic N) is 1. The summed E-state index contributed by atoms with van der Waals surface area (Å²) < 4.78 is 4.82. The lowest BCUT2D eigenvalue weighted by atomic mass is 10.1. The van der Waals surface area contributed by atoms with Gasteiger partial charge in [0.15, 0.2) is 0 Å². The molecule has 0 spiro atoms. The number of nitrogens with two attached hydrogens (primary N) is 1. The van der Waals surface area contributed by atoms with E-state index in [0.717, 1.165) is 5.39 Å². The van der Waals surface area contributed by atoms with Crippen LogP contribution in [0.5, 0.6) is 0 Å². The van der Waals surface area contributed by atoms with Crippen molar-refractivity contribution in [3.8, 4) is 0 Å². The van der Waals surface area contributed by atoms with E-state index in [1.807, 2.05) is 6.07 Å². The average Bonchev–Trinajstić information content (AvgIpc) is 2.34. The molecule has 0 radical (unpaired) electrons. The zero-order valence-corrected chi connectivity index (χ0v) is 9.43. The van der Waals surface area contributed by atoms with Crippen molar-refractivity contribution in [1.29, 1.82) is 0 Å². The number of aromatic nitrogens is 1. The van der Waals surface area contributed by atoms with E-state index in [9.17, 15) is 4.79 Å². The first-order valence-corrected chi connectivity index (χ1v) is 5.29. The number of carbonyl (C=O) groups is 1. The van der Waals surface area contributed by atoms with Gasteiger partial charge in [0, 0.05) is 11.6 Å². The number of carbonyl (C=O) groups excluding carboxylic acids is 1. The standard InChI is InChI=1S/C12H13N3O2/c1-2-17-12(16)15-10-6-5-9(13)11-8(10)4-3-7-14-11/h3-7H,2,13H2,1H3,(H,15,16). The van der Waals surface area contributed by atoms with Crippen molar-refractivity contribution in [3.63, 3.8) is 0 Å². The van der Waals surface area contributed by atoms with Crippen molar-refractivity contribution >= 4 is 28.4 Å². The summed E-state index contributed by atoms with van der Waals surface area (Å²) >= 11 is 0. The third-order valence-electron chi connectivity index (χ3n) is 2.31. The molecule has 1 aromatic carbocycles. The molecule has 1 amide bonds. The van der Waals surface area contributed by atoms with Gasteiger partial charge in [-0.2, -0.15) is 0 Å². The Bertz CT molecular complexity index is 554. The topological polar surface area (TPSA) is 77.2 Å². The van der Waals surface area contributed by atoms with E-state index in [4.69, 9.17) is 10.5 Å². The summed E-state index contributed by atoms with van der Waals surface area (Å²) in [5.41, 5.74) is 7.69. The molecule has 5 nitrogen and oxygen atoms in total. The Kier molecular flexibility index (Phi) is 3.09. The predicted molar refractivity (Wildman–Crippen MR) is 66.8 cm³/mol. The molecule has 0 saturated carbocycles. The number of nitrogens with one attached hydrogen (secondary N) is 1. The summed E-state index contributed by atoms with van der Waals surface area (Å²) in [6, 6.07) is 7.07. The number of ether oxygens (including phenoxy) is 1. The molecule has 17 heavy (non-hydrogen) atoms. The quantitative estimate of drug-likeness (QED) is 0.778. The van der Waals surface area contributed by atoms with Gasteiger partial charge in [0.2, 0.25) is 0 Å². The molecule has 1 heterocycles. The molecule has 0 fully saturated rings. The first-order valence-electron chi connectivity index (χ1n) is 5.29. The number of fused-ring (bicyclic) bond motifs is 1. The second-order valence-corrected chi connectivity index (χ2v) is 3.45. The highest BCUT2D eigenvalue weighted by atomic mass is 16.5. The maximum absolute atomic E-state index is 11.4. The number of amides is 1. The fourth-order valence-electron chi connectivity index (χ4n) is 1.58. The predicted octanol–water partition coefficient (Wildman–Crippen LogP) is 2.39. The van der Waals surface area contributed by atoms with E-state index in [-0.39, 0.29) is 0 Å². The third-order valence-corrected chi connectivity index (χ3v) is 2.31. The lowest BCUT2D eigenvalue weighted by Crippen LogP contribution is -2.13. The molecule has 0 atom stereocenters. The lowest BCUT2D eigenvalue weighted by molar-refractivity contribution is 0.168. The van der Waals surface area contributed by atoms with Crippen LogP contribution in [-0.2, 0) is 4.74 Å². The number of benzene rings is 1. The minimum atomic E-state index is -0.484. The maximum Gasteiger partial charge on any atom is 0.411 e. The van der Waals surface area contributed by atoms with Crippen LogP contribution < -0.4 is 11.1 Å². The molecule has 5 heteroatoms. The van der Waals surface area contributed by atoms with Crippen LogP contribution in [-0.4, -0.2) is 17.7 Å². The zero-order valence-electron chi connectivity index (χ0n) is 9.43. The molecule has 1 aromatic heterocycles. The monoisotopic (exact) mass is 231 g/mol. The van der Waals surface area contributed by atoms with Crippen LogP contribution in [0.4, 0.5) is 16.2 Å². The highest BCUT2D eigenvalue weighted by molar-refractivity contribution is 6.02. The molecule has 2 aromatic rings. The molecular weight excluding hydrogens is 218 g/mol. The van der Waals surface area contributed by atoms with Crippen molar-refractivity contribution in [2.75, 3.05) is 17.7 Å². The van der Waals surface area contributed by atoms with Gasteiger partial charge in [0.1, 0.15) is 0 Å². The second kappa shape index (κ2) is 4.69. The van der Waals surface area contributed by atoms with Crippen molar-refractivity contribution in [2.45, 2.75) is 6.92 Å². The highest BCUT2D eigenvalue weighted by Gasteiger charge is 2.08. The average molecular weight is 231 g/mol. The van der Waals surface area contributed by atoms with Crippen LogP contribution in [0.2, 0.25) is 0 Å². The lowest BCUT2D eigenvalue weighted by Gasteiger charge is -2.09. The number of rotatable bonds is 2. The summed E-state index contributed by atoms with van der Waals surface area (Å²) in [4.78, 5) is 15.5. The Morgan fingerprint density at radius 2 is 2.29 bits per heavy atom. The van der Waals surface area contributed by atoms with Crippen LogP contribution in [0.15, 0.2) is 30.5 Å². The van der Waals surface area contributed by atoms with E-state index in [0.29, 0.717) is 23.5 Å². The van der Waals surface area contributed by atoms with Gasteiger partial charge in [-0.3, -0.25) is 10.3 Å². The van der Waals surface area contributed by atoms with Gasteiger partial charge in [-0.15, -0.1) is 0 Å². The molecule has 0 aliphatic carbocycles. The Balaban J connectivity index is 2.41. The summed E-state index contributed by atoms with van der Waals surface area (Å²) in [5, 5.41) is 3.45. The number of pyridine rings is 1. The van der Waals surface area contributed by atoms with Crippen LogP contribution in [0.1, 0.15) is 6.92 Å². The van der Waals surface area contributed by atoms with Crippen molar-refractivity contribution in [1.82, 2.24) is 4.98 Å². The van der Waals surface area contributed by atoms with Gasteiger partial charge in [0.25, 0.3) is 0 Å². The second-order valence-electron chi connectivity index (χ2n) is 3.45. The molecular formula is C12H13N3O2. The highest BCUT2D eigenvalue weighted by Crippen LogP contribution is 2.26. The van der Waals surface area contributed by atoms with Gasteiger partial charge < -0.3 is 10.5 Å². The molecule has 0 bridgehead atoms. The van der Waals surface area contributed by atoms with E-state index in [1.54, 1.807) is 31.3 Å². The third kappa shape index (κ3) is 2.28. The van der Waals surface area contributed by atoms with Gasteiger partial charge >= 0.3 is 6.09 Å². The van der Waals surface area contributed by atoms with E-state index >= 15 is 0 Å². The fourth-order valence-corrected chi connectivity index (χ4v) is 1.58. The molecule has 0 aliphatic heterocycles. The van der Waals surface area contributed by atoms with Crippen LogP contribution in [0, 0.1) is 0 Å². The largest absolute Gasteiger partial charge is 0.450 e. The number of anilines is 2. The Hall–Kier alpha value is -2.30. The Morgan fingerprint density at radius 1 is 1.47 bits per heavy atom. The Morgan fingerprint density at radius 3 is 3.06 bits per heavy atom. The fraction of sp³-hybridized carbons (Fsp3) is 0.167. The van der Waals surface area contributed by atoms with Crippen molar-refractivity contribution in [3.05, 3.63) is 30.5 Å². The van der Waals surface area contributed by atoms with Gasteiger partial charge in [-0.05, 0) is 31.2 Å². The molecule has 2 rings (SSSR count). The molecule has 3 N–H and O–H groups in total. The minimum absolute atomic E-state index is 0.330. The first-order chi connectivity index (χ1) is 8.22. The molecule has 88 valence electrons. The normalized spacial score (nSPS) is 10.2. The maximum atomic E-state index is 11.4. The number of nitrogen functional groups attached to an aromatic ring is 1. The zero-order chi connectivity index (χ0) is 12.3. The van der Waals surface area contributed by atoms with Crippen LogP contribution in [0.3, 0.4) is 0 Å². The van der Waals surface area contributed by atoms with Crippen molar-refractivity contribution in [2.24, 2.45) is 0 Å². The van der Waals surface area contributed by atoms with E-state index < -0.39 is 6.09 Å². The van der Waals surface area contributed by atoms with Crippen LogP contribution in [0.25, 0.3) is 10.9 Å². The van der Waals surface area contributed by atoms with E-state index in [1.165, 1.54) is 0 Å². The SMILES string of the molecule is CCOC(=O)Nc1ccc(N)c2ncccc12. The van der Waals surface area contributed by atoms with Crippen molar-refractivity contribution < 1.29 is 9.53 Å². The molecule has 0 aliphatic rings. The van der Waals surface area contributed by atoms with Gasteiger partial charge in [-0.25, -0.2) is 4.79 Å². The number of hydrogen-bond acceptors (Lipinski definition) is 4. The summed E-state index contributed by atoms with van der Waals surface area (Å²) in [7, 11) is 0. The molecule has 0 unspecified atom stereocenters. The minimum Gasteiger partial charge on any atom is -0.450 e. The van der Waals surface area contributed by atoms with E-state index in [2.05, 4.69) is 10.3 Å². The smallest absolute Gasteiger partial charge is 0.411 e.